The minimum atomic E-state index is 0.134. The molecule has 2 heteroatoms. The minimum absolute atomic E-state index is 0.134. The Morgan fingerprint density at radius 3 is 2.73 bits per heavy atom. The van der Waals surface area contributed by atoms with E-state index in [0.717, 1.165) is 18.0 Å². The quantitative estimate of drug-likeness (QED) is 0.821. The Balaban J connectivity index is 1.88. The molecule has 1 aromatic heterocycles. The van der Waals surface area contributed by atoms with E-state index in [-0.39, 0.29) is 6.04 Å². The lowest BCUT2D eigenvalue weighted by Gasteiger charge is -2.24. The Kier molecular flexibility index (Phi) is 3.73. The van der Waals surface area contributed by atoms with Gasteiger partial charge in [-0.15, -0.1) is 0 Å². The fourth-order valence-corrected chi connectivity index (χ4v) is 2.50. The van der Waals surface area contributed by atoms with Gasteiger partial charge < -0.3 is 5.73 Å². The second-order valence-electron chi connectivity index (χ2n) is 4.60. The highest BCUT2D eigenvalue weighted by atomic mass is 14.8. The summed E-state index contributed by atoms with van der Waals surface area (Å²) in [6.45, 7) is 0. The molecule has 82 valence electrons. The predicted octanol–water partition coefficient (Wildman–Crippen LogP) is 3.05. The lowest BCUT2D eigenvalue weighted by molar-refractivity contribution is 0.317. The van der Waals surface area contributed by atoms with Gasteiger partial charge in [-0.1, -0.05) is 38.2 Å². The van der Waals surface area contributed by atoms with Crippen molar-refractivity contribution in [3.05, 3.63) is 30.1 Å². The first kappa shape index (κ1) is 10.6. The molecule has 0 radical (unpaired) electrons. The van der Waals surface area contributed by atoms with Gasteiger partial charge in [-0.05, 0) is 24.5 Å². The molecule has 2 N–H and O–H groups in total. The third-order valence-corrected chi connectivity index (χ3v) is 3.38. The number of nitrogens with two attached hydrogens (primary N) is 1. The molecule has 2 nitrogen and oxygen atoms in total. The third kappa shape index (κ3) is 3.03. The Bertz CT molecular complexity index is 278. The molecule has 1 aliphatic carbocycles. The second-order valence-corrected chi connectivity index (χ2v) is 4.60. The highest BCUT2D eigenvalue weighted by Crippen LogP contribution is 2.30. The fourth-order valence-electron chi connectivity index (χ4n) is 2.50. The number of hydrogen-bond acceptors (Lipinski definition) is 2. The van der Waals surface area contributed by atoms with Gasteiger partial charge in [0.2, 0.25) is 0 Å². The molecule has 0 amide bonds. The van der Waals surface area contributed by atoms with E-state index >= 15 is 0 Å². The molecular formula is C13H20N2. The van der Waals surface area contributed by atoms with E-state index in [1.54, 1.807) is 0 Å². The zero-order valence-corrected chi connectivity index (χ0v) is 9.23. The number of rotatable bonds is 3. The van der Waals surface area contributed by atoms with Crippen LogP contribution in [0.3, 0.4) is 0 Å². The lowest BCUT2D eigenvalue weighted by atomic mass is 9.84. The van der Waals surface area contributed by atoms with Gasteiger partial charge in [0.1, 0.15) is 0 Å². The molecule has 0 spiro atoms. The molecule has 15 heavy (non-hydrogen) atoms. The summed E-state index contributed by atoms with van der Waals surface area (Å²) in [5.41, 5.74) is 7.21. The predicted molar refractivity (Wildman–Crippen MR) is 62.4 cm³/mol. The summed E-state index contributed by atoms with van der Waals surface area (Å²) in [6.07, 6.45) is 9.85. The summed E-state index contributed by atoms with van der Waals surface area (Å²) in [6, 6.07) is 6.13. The lowest BCUT2D eigenvalue weighted by Crippen LogP contribution is -2.18. The third-order valence-electron chi connectivity index (χ3n) is 3.38. The van der Waals surface area contributed by atoms with Gasteiger partial charge in [-0.3, -0.25) is 4.98 Å². The van der Waals surface area contributed by atoms with E-state index in [4.69, 9.17) is 5.73 Å². The van der Waals surface area contributed by atoms with Crippen LogP contribution in [0.15, 0.2) is 24.4 Å². The standard InChI is InChI=1S/C13H20N2/c14-12(13-8-4-5-9-15-13)10-11-6-2-1-3-7-11/h4-5,8-9,11-12H,1-3,6-7,10,14H2/t12-/m1/s1. The summed E-state index contributed by atoms with van der Waals surface area (Å²) in [4.78, 5) is 4.32. The maximum Gasteiger partial charge on any atom is 0.0571 e. The smallest absolute Gasteiger partial charge is 0.0571 e. The Morgan fingerprint density at radius 2 is 2.07 bits per heavy atom. The van der Waals surface area contributed by atoms with Crippen molar-refractivity contribution in [1.82, 2.24) is 4.98 Å². The number of nitrogens with zero attached hydrogens (tertiary/aromatic N) is 1. The highest BCUT2D eigenvalue weighted by molar-refractivity contribution is 5.08. The molecule has 1 aromatic rings. The van der Waals surface area contributed by atoms with Crippen LogP contribution < -0.4 is 5.73 Å². The molecule has 0 aliphatic heterocycles. The van der Waals surface area contributed by atoms with Crippen LogP contribution in [0.2, 0.25) is 0 Å². The average molecular weight is 204 g/mol. The second kappa shape index (κ2) is 5.26. The maximum absolute atomic E-state index is 6.16. The minimum Gasteiger partial charge on any atom is -0.323 e. The zero-order valence-electron chi connectivity index (χ0n) is 9.23. The van der Waals surface area contributed by atoms with Crippen molar-refractivity contribution in [2.24, 2.45) is 11.7 Å². The topological polar surface area (TPSA) is 38.9 Å². The molecule has 2 rings (SSSR count). The van der Waals surface area contributed by atoms with Gasteiger partial charge in [-0.25, -0.2) is 0 Å². The van der Waals surface area contributed by atoms with Gasteiger partial charge in [0.15, 0.2) is 0 Å². The van der Waals surface area contributed by atoms with Crippen LogP contribution in [0, 0.1) is 5.92 Å². The zero-order chi connectivity index (χ0) is 10.5. The van der Waals surface area contributed by atoms with Crippen LogP contribution in [0.4, 0.5) is 0 Å². The van der Waals surface area contributed by atoms with E-state index < -0.39 is 0 Å². The van der Waals surface area contributed by atoms with Crippen LogP contribution >= 0.6 is 0 Å². The molecule has 1 saturated carbocycles. The molecule has 1 aliphatic rings. The van der Waals surface area contributed by atoms with Crippen LogP contribution in [-0.4, -0.2) is 4.98 Å². The molecule has 1 fully saturated rings. The van der Waals surface area contributed by atoms with Crippen LogP contribution in [-0.2, 0) is 0 Å². The summed E-state index contributed by atoms with van der Waals surface area (Å²) in [5.74, 6) is 0.829. The van der Waals surface area contributed by atoms with Gasteiger partial charge >= 0.3 is 0 Å². The van der Waals surface area contributed by atoms with E-state index in [1.165, 1.54) is 32.1 Å². The largest absolute Gasteiger partial charge is 0.323 e. The van der Waals surface area contributed by atoms with Crippen molar-refractivity contribution in [3.8, 4) is 0 Å². The molecule has 1 heterocycles. The Labute approximate surface area is 91.9 Å². The van der Waals surface area contributed by atoms with Crippen molar-refractivity contribution in [2.45, 2.75) is 44.6 Å². The average Bonchev–Trinajstić information content (AvgIpc) is 2.31. The SMILES string of the molecule is N[C@H](CC1CCCCC1)c1ccccn1. The van der Waals surface area contributed by atoms with E-state index in [2.05, 4.69) is 4.98 Å². The van der Waals surface area contributed by atoms with Crippen molar-refractivity contribution in [3.63, 3.8) is 0 Å². The molecular weight excluding hydrogens is 184 g/mol. The maximum atomic E-state index is 6.16. The van der Waals surface area contributed by atoms with E-state index in [1.807, 2.05) is 24.4 Å². The van der Waals surface area contributed by atoms with Crippen molar-refractivity contribution in [2.75, 3.05) is 0 Å². The summed E-state index contributed by atoms with van der Waals surface area (Å²) >= 11 is 0. The van der Waals surface area contributed by atoms with Crippen molar-refractivity contribution in [1.29, 1.82) is 0 Å². The first-order chi connectivity index (χ1) is 7.36. The first-order valence-electron chi connectivity index (χ1n) is 6.03. The van der Waals surface area contributed by atoms with Gasteiger partial charge in [0, 0.05) is 12.2 Å². The number of pyridine rings is 1. The molecule has 0 unspecified atom stereocenters. The van der Waals surface area contributed by atoms with Gasteiger partial charge in [0.05, 0.1) is 5.69 Å². The van der Waals surface area contributed by atoms with Crippen LogP contribution in [0.25, 0.3) is 0 Å². The Morgan fingerprint density at radius 1 is 1.27 bits per heavy atom. The summed E-state index contributed by atoms with van der Waals surface area (Å²) in [5, 5.41) is 0. The van der Waals surface area contributed by atoms with Gasteiger partial charge in [0.25, 0.3) is 0 Å². The van der Waals surface area contributed by atoms with E-state index in [0.29, 0.717) is 0 Å². The molecule has 1 atom stereocenters. The molecule has 0 saturated heterocycles. The van der Waals surface area contributed by atoms with Crippen molar-refractivity contribution < 1.29 is 0 Å². The highest BCUT2D eigenvalue weighted by Gasteiger charge is 2.17. The number of hydrogen-bond donors (Lipinski definition) is 1. The summed E-state index contributed by atoms with van der Waals surface area (Å²) in [7, 11) is 0. The van der Waals surface area contributed by atoms with Gasteiger partial charge in [-0.2, -0.15) is 0 Å². The first-order valence-corrected chi connectivity index (χ1v) is 6.03. The molecule has 0 bridgehead atoms. The monoisotopic (exact) mass is 204 g/mol. The van der Waals surface area contributed by atoms with Crippen LogP contribution in [0.1, 0.15) is 50.3 Å². The van der Waals surface area contributed by atoms with E-state index in [9.17, 15) is 0 Å². The summed E-state index contributed by atoms with van der Waals surface area (Å²) < 4.78 is 0. The van der Waals surface area contributed by atoms with Crippen molar-refractivity contribution >= 4 is 0 Å². The Hall–Kier alpha value is -0.890. The normalized spacial score (nSPS) is 20.1. The number of aromatic nitrogens is 1. The van der Waals surface area contributed by atoms with Crippen LogP contribution in [0.5, 0.6) is 0 Å². The fraction of sp³-hybridized carbons (Fsp3) is 0.615. The molecule has 0 aromatic carbocycles.